The highest BCUT2D eigenvalue weighted by atomic mass is 16.3. The molecule has 1 saturated carbocycles. The highest BCUT2D eigenvalue weighted by Crippen LogP contribution is 2.31. The topological polar surface area (TPSA) is 26.7 Å². The molecule has 0 radical (unpaired) electrons. The lowest BCUT2D eigenvalue weighted by atomic mass is 9.80. The van der Waals surface area contributed by atoms with Crippen LogP contribution in [0.25, 0.3) is 0 Å². The molecule has 2 unspecified atom stereocenters. The van der Waals surface area contributed by atoms with Gasteiger partial charge in [0.2, 0.25) is 0 Å². The Bertz CT molecular complexity index is 206. The summed E-state index contributed by atoms with van der Waals surface area (Å²) in [6.45, 7) is 3.23. The van der Waals surface area contributed by atoms with E-state index in [0.29, 0.717) is 6.04 Å². The van der Waals surface area contributed by atoms with Gasteiger partial charge in [-0.25, -0.2) is 0 Å². The lowest BCUT2D eigenvalue weighted by molar-refractivity contribution is -0.00328. The number of rotatable bonds is 3. The van der Waals surface area contributed by atoms with Crippen molar-refractivity contribution < 1.29 is 5.11 Å². The molecule has 0 spiro atoms. The Morgan fingerprint density at radius 2 is 2.00 bits per heavy atom. The zero-order chi connectivity index (χ0) is 10.8. The van der Waals surface area contributed by atoms with Gasteiger partial charge < -0.3 is 10.0 Å². The van der Waals surface area contributed by atoms with E-state index >= 15 is 0 Å². The van der Waals surface area contributed by atoms with Crippen LogP contribution >= 0.6 is 0 Å². The van der Waals surface area contributed by atoms with Gasteiger partial charge in [0.15, 0.2) is 0 Å². The minimum atomic E-state index is -0.122. The second kappa shape index (κ2) is 4.81. The normalized spacial score (nSPS) is 32.6. The number of piperazine rings is 1. The van der Waals surface area contributed by atoms with Crippen LogP contribution in [0.2, 0.25) is 0 Å². The van der Waals surface area contributed by atoms with Crippen molar-refractivity contribution in [1.82, 2.24) is 9.80 Å². The molecule has 1 heterocycles. The van der Waals surface area contributed by atoms with Crippen molar-refractivity contribution >= 4 is 0 Å². The summed E-state index contributed by atoms with van der Waals surface area (Å²) in [5.74, 6) is 0.806. The first-order valence-corrected chi connectivity index (χ1v) is 6.23. The van der Waals surface area contributed by atoms with Crippen LogP contribution in [0.5, 0.6) is 0 Å². The summed E-state index contributed by atoms with van der Waals surface area (Å²) in [6.07, 6.45) is 4.94. The summed E-state index contributed by atoms with van der Waals surface area (Å²) in [7, 11) is 4.29. The standard InChI is InChI=1S/C12H24N2O/c1-13-6-7-14(2)11(9-13)12(15)8-10-4-3-5-10/h10-12,15H,3-9H2,1-2H3. The van der Waals surface area contributed by atoms with E-state index in [0.717, 1.165) is 32.0 Å². The zero-order valence-electron chi connectivity index (χ0n) is 10.0. The third kappa shape index (κ3) is 2.71. The van der Waals surface area contributed by atoms with E-state index in [1.165, 1.54) is 19.3 Å². The summed E-state index contributed by atoms with van der Waals surface area (Å²) in [5.41, 5.74) is 0. The fourth-order valence-electron chi connectivity index (χ4n) is 2.69. The van der Waals surface area contributed by atoms with Crippen LogP contribution in [-0.4, -0.2) is 60.8 Å². The van der Waals surface area contributed by atoms with E-state index in [9.17, 15) is 5.11 Å². The first-order valence-electron chi connectivity index (χ1n) is 6.23. The van der Waals surface area contributed by atoms with Gasteiger partial charge in [-0.15, -0.1) is 0 Å². The van der Waals surface area contributed by atoms with Crippen molar-refractivity contribution in [1.29, 1.82) is 0 Å². The van der Waals surface area contributed by atoms with E-state index in [-0.39, 0.29) is 6.10 Å². The van der Waals surface area contributed by atoms with Gasteiger partial charge in [0.05, 0.1) is 6.10 Å². The molecule has 0 aromatic heterocycles. The number of hydrogen-bond acceptors (Lipinski definition) is 3. The summed E-state index contributed by atoms with van der Waals surface area (Å²) in [5, 5.41) is 10.2. The SMILES string of the molecule is CN1CCN(C)C(C(O)CC2CCC2)C1. The molecule has 3 nitrogen and oxygen atoms in total. The molecule has 1 aliphatic heterocycles. The first-order chi connectivity index (χ1) is 7.16. The predicted molar refractivity (Wildman–Crippen MR) is 61.9 cm³/mol. The molecule has 15 heavy (non-hydrogen) atoms. The van der Waals surface area contributed by atoms with Crippen LogP contribution in [0, 0.1) is 5.92 Å². The van der Waals surface area contributed by atoms with Gasteiger partial charge in [0.1, 0.15) is 0 Å². The molecule has 88 valence electrons. The fourth-order valence-corrected chi connectivity index (χ4v) is 2.69. The smallest absolute Gasteiger partial charge is 0.0710 e. The Balaban J connectivity index is 1.83. The first kappa shape index (κ1) is 11.4. The van der Waals surface area contributed by atoms with E-state index < -0.39 is 0 Å². The number of aliphatic hydroxyl groups is 1. The predicted octanol–water partition coefficient (Wildman–Crippen LogP) is 0.783. The minimum Gasteiger partial charge on any atom is -0.391 e. The zero-order valence-corrected chi connectivity index (χ0v) is 10.0. The van der Waals surface area contributed by atoms with Gasteiger partial charge in [-0.1, -0.05) is 19.3 Å². The number of likely N-dealkylation sites (N-methyl/N-ethyl adjacent to an activating group) is 2. The molecule has 0 aromatic rings. The molecule has 1 aliphatic carbocycles. The Kier molecular flexibility index (Phi) is 3.65. The molecule has 3 heteroatoms. The monoisotopic (exact) mass is 212 g/mol. The maximum atomic E-state index is 10.2. The van der Waals surface area contributed by atoms with E-state index in [1.807, 2.05) is 0 Å². The van der Waals surface area contributed by atoms with Gasteiger partial charge in [-0.05, 0) is 26.4 Å². The van der Waals surface area contributed by atoms with Gasteiger partial charge in [-0.2, -0.15) is 0 Å². The molecule has 1 N–H and O–H groups in total. The Morgan fingerprint density at radius 1 is 1.27 bits per heavy atom. The average Bonchev–Trinajstić information content (AvgIpc) is 2.15. The van der Waals surface area contributed by atoms with Gasteiger partial charge in [0.25, 0.3) is 0 Å². The van der Waals surface area contributed by atoms with E-state index in [1.54, 1.807) is 0 Å². The molecule has 0 amide bonds. The molecule has 0 bridgehead atoms. The number of hydrogen-bond donors (Lipinski definition) is 1. The van der Waals surface area contributed by atoms with Crippen molar-refractivity contribution in [2.75, 3.05) is 33.7 Å². The fraction of sp³-hybridized carbons (Fsp3) is 1.00. The van der Waals surface area contributed by atoms with E-state index in [2.05, 4.69) is 23.9 Å². The highest BCUT2D eigenvalue weighted by molar-refractivity contribution is 4.86. The third-order valence-electron chi connectivity index (χ3n) is 4.14. The van der Waals surface area contributed by atoms with Crippen LogP contribution in [0.15, 0.2) is 0 Å². The van der Waals surface area contributed by atoms with Crippen LogP contribution < -0.4 is 0 Å². The lowest BCUT2D eigenvalue weighted by Gasteiger charge is -2.41. The molecule has 2 aliphatic rings. The molecule has 0 aromatic carbocycles. The number of aliphatic hydroxyl groups excluding tert-OH is 1. The average molecular weight is 212 g/mol. The molecular weight excluding hydrogens is 188 g/mol. The van der Waals surface area contributed by atoms with Gasteiger partial charge in [0, 0.05) is 25.7 Å². The number of nitrogens with zero attached hydrogens (tertiary/aromatic N) is 2. The second-order valence-electron chi connectivity index (χ2n) is 5.41. The van der Waals surface area contributed by atoms with Crippen LogP contribution in [0.3, 0.4) is 0 Å². The largest absolute Gasteiger partial charge is 0.391 e. The van der Waals surface area contributed by atoms with Gasteiger partial charge >= 0.3 is 0 Å². The molecular formula is C12H24N2O. The van der Waals surface area contributed by atoms with Crippen LogP contribution in [0.1, 0.15) is 25.7 Å². The lowest BCUT2D eigenvalue weighted by Crippen LogP contribution is -2.55. The van der Waals surface area contributed by atoms with Crippen LogP contribution in [-0.2, 0) is 0 Å². The maximum absolute atomic E-state index is 10.2. The van der Waals surface area contributed by atoms with Crippen molar-refractivity contribution in [2.45, 2.75) is 37.8 Å². The Labute approximate surface area is 93.1 Å². The van der Waals surface area contributed by atoms with Crippen molar-refractivity contribution in [3.8, 4) is 0 Å². The molecule has 2 rings (SSSR count). The van der Waals surface area contributed by atoms with E-state index in [4.69, 9.17) is 0 Å². The molecule has 2 fully saturated rings. The van der Waals surface area contributed by atoms with Crippen LogP contribution in [0.4, 0.5) is 0 Å². The second-order valence-corrected chi connectivity index (χ2v) is 5.41. The van der Waals surface area contributed by atoms with Gasteiger partial charge in [-0.3, -0.25) is 4.90 Å². The summed E-state index contributed by atoms with van der Waals surface area (Å²) >= 11 is 0. The van der Waals surface area contributed by atoms with Crippen molar-refractivity contribution in [3.05, 3.63) is 0 Å². The van der Waals surface area contributed by atoms with Crippen molar-refractivity contribution in [2.24, 2.45) is 5.92 Å². The Hall–Kier alpha value is -0.120. The summed E-state index contributed by atoms with van der Waals surface area (Å²) < 4.78 is 0. The quantitative estimate of drug-likeness (QED) is 0.749. The summed E-state index contributed by atoms with van der Waals surface area (Å²) in [4.78, 5) is 4.65. The highest BCUT2D eigenvalue weighted by Gasteiger charge is 2.31. The molecule has 2 atom stereocenters. The molecule has 1 saturated heterocycles. The maximum Gasteiger partial charge on any atom is 0.0710 e. The third-order valence-corrected chi connectivity index (χ3v) is 4.14. The Morgan fingerprint density at radius 3 is 2.60 bits per heavy atom. The van der Waals surface area contributed by atoms with Crippen molar-refractivity contribution in [3.63, 3.8) is 0 Å². The summed E-state index contributed by atoms with van der Waals surface area (Å²) in [6, 6.07) is 0.351. The minimum absolute atomic E-state index is 0.122.